The van der Waals surface area contributed by atoms with Crippen molar-refractivity contribution >= 4 is 33.3 Å². The average Bonchev–Trinajstić information content (AvgIpc) is 3.00. The summed E-state index contributed by atoms with van der Waals surface area (Å²) in [5.74, 6) is -1.35. The molecule has 0 radical (unpaired) electrons. The van der Waals surface area contributed by atoms with Crippen LogP contribution in [0.4, 0.5) is 11.4 Å². The topological polar surface area (TPSA) is 96.5 Å². The normalized spacial score (nSPS) is 17.5. The number of para-hydroxylation sites is 2. The molecule has 1 fully saturated rings. The molecular formula is C21H25N3O6S. The highest BCUT2D eigenvalue weighted by Crippen LogP contribution is 2.35. The maximum Gasteiger partial charge on any atom is 0.355 e. The van der Waals surface area contributed by atoms with Crippen molar-refractivity contribution < 1.29 is 27.5 Å². The summed E-state index contributed by atoms with van der Waals surface area (Å²) in [6.07, 6.45) is 7.72. The Bertz CT molecular complexity index is 1050. The lowest BCUT2D eigenvalue weighted by Crippen LogP contribution is -2.48. The maximum absolute atomic E-state index is 12.7. The number of allylic oxidation sites excluding steroid dienone is 2. The molecule has 2 aliphatic heterocycles. The van der Waals surface area contributed by atoms with E-state index in [9.17, 15) is 18.0 Å². The Morgan fingerprint density at radius 1 is 0.903 bits per heavy atom. The molecule has 0 atom stereocenters. The van der Waals surface area contributed by atoms with Crippen molar-refractivity contribution in [1.29, 1.82) is 0 Å². The van der Waals surface area contributed by atoms with Crippen LogP contribution in [-0.4, -0.2) is 71.3 Å². The summed E-state index contributed by atoms with van der Waals surface area (Å²) in [7, 11) is -0.760. The molecule has 0 N–H and O–H groups in total. The number of hydrogen-bond acceptors (Lipinski definition) is 8. The molecule has 0 unspecified atom stereocenters. The van der Waals surface area contributed by atoms with Crippen LogP contribution in [0.5, 0.6) is 0 Å². The van der Waals surface area contributed by atoms with Gasteiger partial charge in [0, 0.05) is 32.4 Å². The summed E-state index contributed by atoms with van der Waals surface area (Å²) in [6, 6.07) is 7.41. The van der Waals surface area contributed by atoms with E-state index < -0.39 is 22.0 Å². The second-order valence-electron chi connectivity index (χ2n) is 6.95. The Morgan fingerprint density at radius 2 is 1.52 bits per heavy atom. The van der Waals surface area contributed by atoms with Crippen molar-refractivity contribution in [3.05, 3.63) is 60.0 Å². The zero-order valence-electron chi connectivity index (χ0n) is 17.6. The maximum atomic E-state index is 12.7. The minimum atomic E-state index is -3.25. The van der Waals surface area contributed by atoms with Gasteiger partial charge in [0.2, 0.25) is 10.0 Å². The summed E-state index contributed by atoms with van der Waals surface area (Å²) >= 11 is 0. The van der Waals surface area contributed by atoms with E-state index in [4.69, 9.17) is 9.47 Å². The molecule has 1 aromatic carbocycles. The lowest BCUT2D eigenvalue weighted by Gasteiger charge is -2.37. The molecule has 0 amide bonds. The standard InChI is InChI=1S/C21H25N3O6S/c1-29-20(25)16-8-6-7-11-24(19(16)21(26)30-2)18-10-5-4-9-17(18)22-12-14-23(15-13-22)31(3,27)28/h4-11H,12-15H2,1-3H3. The van der Waals surface area contributed by atoms with E-state index in [0.29, 0.717) is 31.9 Å². The first kappa shape index (κ1) is 22.6. The van der Waals surface area contributed by atoms with Crippen molar-refractivity contribution in [3.63, 3.8) is 0 Å². The second-order valence-corrected chi connectivity index (χ2v) is 8.94. The first-order chi connectivity index (χ1) is 14.8. The van der Waals surface area contributed by atoms with Gasteiger partial charge in [0.25, 0.3) is 0 Å². The van der Waals surface area contributed by atoms with E-state index in [0.717, 1.165) is 5.69 Å². The Morgan fingerprint density at radius 3 is 2.10 bits per heavy atom. The fourth-order valence-corrected chi connectivity index (χ4v) is 4.37. The number of benzene rings is 1. The monoisotopic (exact) mass is 447 g/mol. The largest absolute Gasteiger partial charge is 0.465 e. The van der Waals surface area contributed by atoms with E-state index in [1.54, 1.807) is 23.3 Å². The highest BCUT2D eigenvalue weighted by molar-refractivity contribution is 7.88. The quantitative estimate of drug-likeness (QED) is 0.623. The number of carbonyl (C=O) groups excluding carboxylic acids is 2. The van der Waals surface area contributed by atoms with Gasteiger partial charge in [-0.2, -0.15) is 4.31 Å². The minimum Gasteiger partial charge on any atom is -0.465 e. The molecule has 9 nitrogen and oxygen atoms in total. The SMILES string of the molecule is COC(=O)C1=C(C(=O)OC)N(c2ccccc2N2CCN(S(C)(=O)=O)CC2)C=CC=C1. The molecule has 3 rings (SSSR count). The van der Waals surface area contributed by atoms with Crippen LogP contribution in [0, 0.1) is 0 Å². The van der Waals surface area contributed by atoms with Crippen molar-refractivity contribution in [1.82, 2.24) is 4.31 Å². The molecular weight excluding hydrogens is 422 g/mol. The summed E-state index contributed by atoms with van der Waals surface area (Å²) in [5.41, 5.74) is 1.54. The van der Waals surface area contributed by atoms with E-state index in [1.807, 2.05) is 24.3 Å². The Labute approximate surface area is 181 Å². The smallest absolute Gasteiger partial charge is 0.355 e. The van der Waals surface area contributed by atoms with E-state index >= 15 is 0 Å². The van der Waals surface area contributed by atoms with E-state index in [1.165, 1.54) is 30.9 Å². The Balaban J connectivity index is 2.04. The van der Waals surface area contributed by atoms with Crippen LogP contribution in [0.1, 0.15) is 0 Å². The predicted octanol–water partition coefficient (Wildman–Crippen LogP) is 1.26. The number of ether oxygens (including phenoxy) is 2. The molecule has 0 spiro atoms. The number of nitrogens with zero attached hydrogens (tertiary/aromatic N) is 3. The molecule has 0 aromatic heterocycles. The first-order valence-electron chi connectivity index (χ1n) is 9.62. The number of carbonyl (C=O) groups is 2. The lowest BCUT2D eigenvalue weighted by atomic mass is 10.1. The van der Waals surface area contributed by atoms with Gasteiger partial charge in [-0.1, -0.05) is 18.2 Å². The van der Waals surface area contributed by atoms with Crippen LogP contribution in [0.2, 0.25) is 0 Å². The highest BCUT2D eigenvalue weighted by Gasteiger charge is 2.30. The summed E-state index contributed by atoms with van der Waals surface area (Å²) in [6.45, 7) is 1.69. The third kappa shape index (κ3) is 4.80. The second kappa shape index (κ2) is 9.36. The minimum absolute atomic E-state index is 0.0292. The molecule has 0 aliphatic carbocycles. The van der Waals surface area contributed by atoms with Crippen LogP contribution in [0.3, 0.4) is 0 Å². The van der Waals surface area contributed by atoms with Gasteiger partial charge in [0.05, 0.1) is 37.4 Å². The molecule has 2 heterocycles. The van der Waals surface area contributed by atoms with E-state index in [2.05, 4.69) is 4.90 Å². The summed E-state index contributed by atoms with van der Waals surface area (Å²) in [5, 5.41) is 0. The molecule has 0 saturated carbocycles. The Kier molecular flexibility index (Phi) is 6.81. The first-order valence-corrected chi connectivity index (χ1v) is 11.5. The van der Waals surface area contributed by atoms with Gasteiger partial charge in [-0.05, 0) is 24.3 Å². The Hall–Kier alpha value is -3.11. The van der Waals surface area contributed by atoms with Crippen molar-refractivity contribution in [2.45, 2.75) is 0 Å². The number of anilines is 2. The molecule has 1 saturated heterocycles. The van der Waals surface area contributed by atoms with Crippen LogP contribution < -0.4 is 9.80 Å². The summed E-state index contributed by atoms with van der Waals surface area (Å²) < 4.78 is 34.9. The number of methoxy groups -OCH3 is 2. The van der Waals surface area contributed by atoms with Crippen molar-refractivity contribution in [3.8, 4) is 0 Å². The molecule has 166 valence electrons. The van der Waals surface area contributed by atoms with Gasteiger partial charge >= 0.3 is 11.9 Å². The fraction of sp³-hybridized carbons (Fsp3) is 0.333. The van der Waals surface area contributed by atoms with E-state index in [-0.39, 0.29) is 11.3 Å². The molecule has 2 aliphatic rings. The molecule has 10 heteroatoms. The lowest BCUT2D eigenvalue weighted by molar-refractivity contribution is -0.139. The molecule has 0 bridgehead atoms. The number of rotatable bonds is 5. The van der Waals surface area contributed by atoms with Crippen LogP contribution in [-0.2, 0) is 29.1 Å². The van der Waals surface area contributed by atoms with Crippen LogP contribution in [0.25, 0.3) is 0 Å². The van der Waals surface area contributed by atoms with Crippen LogP contribution in [0.15, 0.2) is 60.0 Å². The van der Waals surface area contributed by atoms with Gasteiger partial charge in [-0.15, -0.1) is 0 Å². The fourth-order valence-electron chi connectivity index (χ4n) is 3.55. The molecule has 1 aromatic rings. The average molecular weight is 448 g/mol. The third-order valence-corrected chi connectivity index (χ3v) is 6.38. The van der Waals surface area contributed by atoms with Gasteiger partial charge in [0.15, 0.2) is 0 Å². The van der Waals surface area contributed by atoms with Gasteiger partial charge in [0.1, 0.15) is 5.70 Å². The predicted molar refractivity (Wildman–Crippen MR) is 117 cm³/mol. The van der Waals surface area contributed by atoms with Crippen LogP contribution >= 0.6 is 0 Å². The third-order valence-electron chi connectivity index (χ3n) is 5.08. The van der Waals surface area contributed by atoms with Gasteiger partial charge in [-0.25, -0.2) is 18.0 Å². The number of esters is 2. The number of hydrogen-bond donors (Lipinski definition) is 0. The number of sulfonamides is 1. The van der Waals surface area contributed by atoms with Gasteiger partial charge in [-0.3, -0.25) is 0 Å². The molecule has 31 heavy (non-hydrogen) atoms. The highest BCUT2D eigenvalue weighted by atomic mass is 32.2. The van der Waals surface area contributed by atoms with Crippen molar-refractivity contribution in [2.24, 2.45) is 0 Å². The summed E-state index contributed by atoms with van der Waals surface area (Å²) in [4.78, 5) is 28.7. The zero-order valence-corrected chi connectivity index (χ0v) is 18.5. The number of piperazine rings is 1. The van der Waals surface area contributed by atoms with Gasteiger partial charge < -0.3 is 19.3 Å². The zero-order chi connectivity index (χ0) is 22.6. The van der Waals surface area contributed by atoms with Crippen molar-refractivity contribution in [2.75, 3.05) is 56.5 Å².